The summed E-state index contributed by atoms with van der Waals surface area (Å²) >= 11 is 1.63. The number of ketones is 1. The van der Waals surface area contributed by atoms with Gasteiger partial charge in [-0.15, -0.1) is 11.8 Å². The molecule has 144 valence electrons. The zero-order valence-corrected chi connectivity index (χ0v) is 16.2. The number of Topliss-reactive ketones (excluding diaryl/α,β-unsaturated/α-hetero) is 1. The minimum atomic E-state index is -0.239. The summed E-state index contributed by atoms with van der Waals surface area (Å²) in [7, 11) is 0. The lowest BCUT2D eigenvalue weighted by atomic mass is 10.1. The second-order valence-corrected chi connectivity index (χ2v) is 7.31. The Kier molecular flexibility index (Phi) is 8.84. The van der Waals surface area contributed by atoms with Crippen molar-refractivity contribution in [1.29, 1.82) is 0 Å². The number of hydrogen-bond acceptors (Lipinski definition) is 4. The third kappa shape index (κ3) is 8.73. The van der Waals surface area contributed by atoms with Crippen molar-refractivity contribution in [3.63, 3.8) is 0 Å². The van der Waals surface area contributed by atoms with Crippen molar-refractivity contribution in [3.8, 4) is 5.75 Å². The fraction of sp³-hybridized carbons (Fsp3) is 0.333. The van der Waals surface area contributed by atoms with Gasteiger partial charge in [0.15, 0.2) is 6.61 Å². The van der Waals surface area contributed by atoms with Crippen LogP contribution in [-0.4, -0.2) is 30.6 Å². The van der Waals surface area contributed by atoms with Crippen LogP contribution in [0.1, 0.15) is 25.3 Å². The molecule has 0 saturated carbocycles. The summed E-state index contributed by atoms with van der Waals surface area (Å²) in [5.41, 5.74) is 1.07. The zero-order chi connectivity index (χ0) is 19.5. The van der Waals surface area contributed by atoms with Crippen LogP contribution in [0.25, 0.3) is 0 Å². The van der Waals surface area contributed by atoms with Crippen LogP contribution >= 0.6 is 11.8 Å². The molecule has 6 heteroatoms. The van der Waals surface area contributed by atoms with E-state index in [0.717, 1.165) is 22.6 Å². The van der Waals surface area contributed by atoms with Crippen LogP contribution in [0.3, 0.4) is 0 Å². The Bertz CT molecular complexity index is 732. The zero-order valence-electron chi connectivity index (χ0n) is 15.4. The number of aryl methyl sites for hydroxylation is 1. The van der Waals surface area contributed by atoms with E-state index in [-0.39, 0.29) is 24.1 Å². The maximum absolute atomic E-state index is 12.8. The molecule has 0 atom stereocenters. The van der Waals surface area contributed by atoms with Crippen molar-refractivity contribution in [3.05, 3.63) is 59.9 Å². The van der Waals surface area contributed by atoms with Crippen LogP contribution in [0.2, 0.25) is 0 Å². The van der Waals surface area contributed by atoms with Crippen molar-refractivity contribution in [2.45, 2.75) is 31.1 Å². The lowest BCUT2D eigenvalue weighted by Crippen LogP contribution is -2.29. The van der Waals surface area contributed by atoms with E-state index in [1.807, 2.05) is 24.3 Å². The largest absolute Gasteiger partial charge is 0.484 e. The van der Waals surface area contributed by atoms with E-state index in [1.165, 1.54) is 12.1 Å². The molecule has 0 heterocycles. The molecule has 0 saturated heterocycles. The number of carbonyl (C=O) groups is 2. The van der Waals surface area contributed by atoms with Gasteiger partial charge in [0, 0.05) is 17.9 Å². The highest BCUT2D eigenvalue weighted by molar-refractivity contribution is 7.99. The minimum absolute atomic E-state index is 0.0299. The van der Waals surface area contributed by atoms with E-state index < -0.39 is 0 Å². The standard InChI is InChI=1S/C21H24FNO3S/c1-16(24)3-4-17-5-9-19(10-6-17)26-15-21(25)23-13-2-14-27-20-11-7-18(22)8-12-20/h5-12H,2-4,13-15H2,1H3,(H,23,25). The monoisotopic (exact) mass is 389 g/mol. The van der Waals surface area contributed by atoms with Gasteiger partial charge in [-0.2, -0.15) is 0 Å². The molecule has 0 aliphatic rings. The molecule has 27 heavy (non-hydrogen) atoms. The van der Waals surface area contributed by atoms with E-state index in [2.05, 4.69) is 5.32 Å². The minimum Gasteiger partial charge on any atom is -0.484 e. The fourth-order valence-corrected chi connectivity index (χ4v) is 3.15. The summed E-state index contributed by atoms with van der Waals surface area (Å²) in [5.74, 6) is 1.24. The van der Waals surface area contributed by atoms with Gasteiger partial charge in [-0.3, -0.25) is 4.79 Å². The number of amides is 1. The molecular weight excluding hydrogens is 365 g/mol. The van der Waals surface area contributed by atoms with E-state index >= 15 is 0 Å². The van der Waals surface area contributed by atoms with E-state index in [1.54, 1.807) is 30.8 Å². The van der Waals surface area contributed by atoms with Crippen LogP contribution in [-0.2, 0) is 16.0 Å². The fourth-order valence-electron chi connectivity index (χ4n) is 2.29. The first-order valence-corrected chi connectivity index (χ1v) is 9.88. The molecule has 0 spiro atoms. The Balaban J connectivity index is 1.57. The molecule has 0 unspecified atom stereocenters. The lowest BCUT2D eigenvalue weighted by Gasteiger charge is -2.08. The first-order valence-electron chi connectivity index (χ1n) is 8.89. The van der Waals surface area contributed by atoms with E-state index in [0.29, 0.717) is 25.1 Å². The van der Waals surface area contributed by atoms with Crippen LogP contribution in [0.4, 0.5) is 4.39 Å². The lowest BCUT2D eigenvalue weighted by molar-refractivity contribution is -0.123. The average molecular weight is 389 g/mol. The summed E-state index contributed by atoms with van der Waals surface area (Å²) in [4.78, 5) is 23.8. The Hall–Kier alpha value is -2.34. The number of rotatable bonds is 11. The molecule has 0 aliphatic heterocycles. The number of benzene rings is 2. The number of halogens is 1. The maximum atomic E-state index is 12.8. The second kappa shape index (κ2) is 11.4. The van der Waals surface area contributed by atoms with Gasteiger partial charge in [0.05, 0.1) is 0 Å². The Morgan fingerprint density at radius 3 is 2.44 bits per heavy atom. The van der Waals surface area contributed by atoms with E-state index in [4.69, 9.17) is 4.74 Å². The molecule has 4 nitrogen and oxygen atoms in total. The molecule has 0 radical (unpaired) electrons. The van der Waals surface area contributed by atoms with Gasteiger partial charge < -0.3 is 14.8 Å². The molecular formula is C21H24FNO3S. The SMILES string of the molecule is CC(=O)CCc1ccc(OCC(=O)NCCCSc2ccc(F)cc2)cc1. The van der Waals surface area contributed by atoms with Crippen LogP contribution in [0, 0.1) is 5.82 Å². The van der Waals surface area contributed by atoms with Crippen LogP contribution in [0.5, 0.6) is 5.75 Å². The Morgan fingerprint density at radius 2 is 1.78 bits per heavy atom. The molecule has 2 rings (SSSR count). The predicted octanol–water partition coefficient (Wildman–Crippen LogP) is 4.02. The average Bonchev–Trinajstić information content (AvgIpc) is 2.66. The molecule has 2 aromatic rings. The molecule has 0 fully saturated rings. The van der Waals surface area contributed by atoms with Crippen LogP contribution < -0.4 is 10.1 Å². The Labute approximate surface area is 163 Å². The van der Waals surface area contributed by atoms with Crippen molar-refractivity contribution in [2.24, 2.45) is 0 Å². The van der Waals surface area contributed by atoms with Crippen molar-refractivity contribution in [2.75, 3.05) is 18.9 Å². The number of ether oxygens (including phenoxy) is 1. The highest BCUT2D eigenvalue weighted by Crippen LogP contribution is 2.18. The highest BCUT2D eigenvalue weighted by atomic mass is 32.2. The maximum Gasteiger partial charge on any atom is 0.257 e. The molecule has 2 aromatic carbocycles. The molecule has 0 aromatic heterocycles. The number of hydrogen-bond donors (Lipinski definition) is 1. The van der Waals surface area contributed by atoms with E-state index in [9.17, 15) is 14.0 Å². The molecule has 0 aliphatic carbocycles. The Morgan fingerprint density at radius 1 is 1.07 bits per heavy atom. The van der Waals surface area contributed by atoms with Crippen LogP contribution in [0.15, 0.2) is 53.4 Å². The van der Waals surface area contributed by atoms with Gasteiger partial charge in [-0.25, -0.2) is 4.39 Å². The third-order valence-corrected chi connectivity index (χ3v) is 4.88. The number of carbonyl (C=O) groups excluding carboxylic acids is 2. The quantitative estimate of drug-likeness (QED) is 0.466. The van der Waals surface area contributed by atoms with Crippen molar-refractivity contribution < 1.29 is 18.7 Å². The molecule has 0 bridgehead atoms. The third-order valence-electron chi connectivity index (χ3n) is 3.78. The second-order valence-electron chi connectivity index (χ2n) is 6.14. The topological polar surface area (TPSA) is 55.4 Å². The first-order chi connectivity index (χ1) is 13.0. The summed E-state index contributed by atoms with van der Waals surface area (Å²) in [6.45, 7) is 2.12. The normalized spacial score (nSPS) is 10.4. The van der Waals surface area contributed by atoms with Crippen molar-refractivity contribution >= 4 is 23.5 Å². The summed E-state index contributed by atoms with van der Waals surface area (Å²) in [6.07, 6.45) is 2.06. The summed E-state index contributed by atoms with van der Waals surface area (Å²) in [6, 6.07) is 13.8. The number of thioether (sulfide) groups is 1. The van der Waals surface area contributed by atoms with Gasteiger partial charge in [0.25, 0.3) is 5.91 Å². The van der Waals surface area contributed by atoms with Crippen molar-refractivity contribution in [1.82, 2.24) is 5.32 Å². The molecule has 1 amide bonds. The first kappa shape index (κ1) is 21.0. The van der Waals surface area contributed by atoms with Gasteiger partial charge in [-0.1, -0.05) is 12.1 Å². The summed E-state index contributed by atoms with van der Waals surface area (Å²) in [5, 5.41) is 2.82. The van der Waals surface area contributed by atoms with Gasteiger partial charge >= 0.3 is 0 Å². The molecule has 1 N–H and O–H groups in total. The number of nitrogens with one attached hydrogen (secondary N) is 1. The van der Waals surface area contributed by atoms with Gasteiger partial charge in [0.1, 0.15) is 17.3 Å². The van der Waals surface area contributed by atoms with Gasteiger partial charge in [0.2, 0.25) is 0 Å². The van der Waals surface area contributed by atoms with Gasteiger partial charge in [-0.05, 0) is 67.5 Å². The predicted molar refractivity (Wildman–Crippen MR) is 106 cm³/mol. The summed E-state index contributed by atoms with van der Waals surface area (Å²) < 4.78 is 18.3. The highest BCUT2D eigenvalue weighted by Gasteiger charge is 2.03. The smallest absolute Gasteiger partial charge is 0.257 e.